The van der Waals surface area contributed by atoms with E-state index in [2.05, 4.69) is 15.4 Å². The number of methoxy groups -OCH3 is 1. The maximum absolute atomic E-state index is 12.0. The lowest BCUT2D eigenvalue weighted by molar-refractivity contribution is -0.125. The van der Waals surface area contributed by atoms with E-state index in [1.165, 1.54) is 11.4 Å². The summed E-state index contributed by atoms with van der Waals surface area (Å²) in [5.74, 6) is -0.383. The minimum atomic E-state index is -3.57. The Kier molecular flexibility index (Phi) is 4.28. The summed E-state index contributed by atoms with van der Waals surface area (Å²) in [6.45, 7) is 0.833. The lowest BCUT2D eigenvalue weighted by atomic mass is 9.89. The molecule has 0 aromatic rings. The predicted octanol–water partition coefficient (Wildman–Crippen LogP) is -1.86. The molecular weight excluding hydrogens is 288 g/mol. The summed E-state index contributed by atoms with van der Waals surface area (Å²) < 4.78 is 32.4. The van der Waals surface area contributed by atoms with Crippen LogP contribution < -0.4 is 15.4 Å². The smallest absolute Gasteiger partial charge is 0.322 e. The van der Waals surface area contributed by atoms with E-state index in [4.69, 9.17) is 4.74 Å². The molecule has 2 saturated heterocycles. The van der Waals surface area contributed by atoms with Crippen LogP contribution in [0.25, 0.3) is 0 Å². The predicted molar refractivity (Wildman–Crippen MR) is 69.0 cm³/mol. The molecule has 2 aliphatic heterocycles. The van der Waals surface area contributed by atoms with Crippen molar-refractivity contribution in [2.75, 3.05) is 33.4 Å². The zero-order valence-corrected chi connectivity index (χ0v) is 12.0. The van der Waals surface area contributed by atoms with Gasteiger partial charge >= 0.3 is 6.03 Å². The number of rotatable bonds is 5. The van der Waals surface area contributed by atoms with Crippen molar-refractivity contribution in [3.8, 4) is 0 Å². The Hall–Kier alpha value is -1.23. The van der Waals surface area contributed by atoms with Gasteiger partial charge in [0.1, 0.15) is 5.54 Å². The van der Waals surface area contributed by atoms with E-state index in [0.29, 0.717) is 0 Å². The maximum Gasteiger partial charge on any atom is 0.322 e. The van der Waals surface area contributed by atoms with Gasteiger partial charge in [0.2, 0.25) is 0 Å². The number of urea groups is 1. The summed E-state index contributed by atoms with van der Waals surface area (Å²) in [6, 6.07) is -0.524. The molecule has 1 spiro atoms. The number of ether oxygens (including phenoxy) is 1. The zero-order chi connectivity index (χ0) is 14.8. The Bertz CT molecular complexity index is 498. The molecule has 3 amide bonds. The molecule has 0 atom stereocenters. The number of carbonyl (C=O) groups excluding carboxylic acids is 2. The van der Waals surface area contributed by atoms with Crippen molar-refractivity contribution in [3.05, 3.63) is 0 Å². The van der Waals surface area contributed by atoms with Gasteiger partial charge in [0, 0.05) is 26.7 Å². The fraction of sp³-hybridized carbons (Fsp3) is 0.800. The van der Waals surface area contributed by atoms with Gasteiger partial charge in [-0.1, -0.05) is 0 Å². The highest BCUT2D eigenvalue weighted by molar-refractivity contribution is 7.87. The van der Waals surface area contributed by atoms with Gasteiger partial charge in [0.25, 0.3) is 16.1 Å². The summed E-state index contributed by atoms with van der Waals surface area (Å²) in [7, 11) is -2.09. The Morgan fingerprint density at radius 1 is 1.35 bits per heavy atom. The van der Waals surface area contributed by atoms with Gasteiger partial charge in [-0.05, 0) is 12.8 Å². The van der Waals surface area contributed by atoms with Gasteiger partial charge in [0.15, 0.2) is 0 Å². The molecule has 0 bridgehead atoms. The van der Waals surface area contributed by atoms with Gasteiger partial charge in [-0.3, -0.25) is 10.1 Å². The molecule has 0 radical (unpaired) electrons. The van der Waals surface area contributed by atoms with E-state index < -0.39 is 21.8 Å². The lowest BCUT2D eigenvalue weighted by Crippen LogP contribution is -2.57. The normalized spacial score (nSPS) is 22.9. The highest BCUT2D eigenvalue weighted by Crippen LogP contribution is 2.26. The van der Waals surface area contributed by atoms with Crippen molar-refractivity contribution in [1.82, 2.24) is 19.7 Å². The molecular formula is C10H18N4O5S. The van der Waals surface area contributed by atoms with Crippen molar-refractivity contribution in [2.45, 2.75) is 18.4 Å². The van der Waals surface area contributed by atoms with Crippen molar-refractivity contribution in [3.63, 3.8) is 0 Å². The third-order valence-electron chi connectivity index (χ3n) is 3.52. The molecule has 0 unspecified atom stereocenters. The standard InChI is InChI=1S/C10H18N4O5S/c1-19-7-4-11-20(17,18)14-5-2-10(3-6-14)8(15)12-9(16)13-10/h11H,2-7H2,1H3,(H2,12,13,15,16). The van der Waals surface area contributed by atoms with Crippen LogP contribution in [0.4, 0.5) is 4.79 Å². The van der Waals surface area contributed by atoms with Crippen molar-refractivity contribution >= 4 is 22.1 Å². The van der Waals surface area contributed by atoms with Crippen molar-refractivity contribution in [1.29, 1.82) is 0 Å². The van der Waals surface area contributed by atoms with Crippen molar-refractivity contribution < 1.29 is 22.7 Å². The van der Waals surface area contributed by atoms with E-state index >= 15 is 0 Å². The number of hydrogen-bond acceptors (Lipinski definition) is 5. The van der Waals surface area contributed by atoms with Crippen LogP contribution in [0.5, 0.6) is 0 Å². The minimum absolute atomic E-state index is 0.177. The maximum atomic E-state index is 12.0. The van der Waals surface area contributed by atoms with E-state index in [0.717, 1.165) is 0 Å². The first-order valence-corrected chi connectivity index (χ1v) is 7.71. The number of hydrogen-bond donors (Lipinski definition) is 3. The van der Waals surface area contributed by atoms with Gasteiger partial charge < -0.3 is 10.1 Å². The highest BCUT2D eigenvalue weighted by atomic mass is 32.2. The molecule has 3 N–H and O–H groups in total. The zero-order valence-electron chi connectivity index (χ0n) is 11.1. The summed E-state index contributed by atoms with van der Waals surface area (Å²) in [5, 5.41) is 4.77. The van der Waals surface area contributed by atoms with E-state index in [-0.39, 0.29) is 45.0 Å². The molecule has 10 heteroatoms. The van der Waals surface area contributed by atoms with Crippen LogP contribution in [-0.2, 0) is 19.7 Å². The summed E-state index contributed by atoms with van der Waals surface area (Å²) in [4.78, 5) is 22.9. The van der Waals surface area contributed by atoms with Gasteiger partial charge in [-0.25, -0.2) is 4.79 Å². The molecule has 0 aromatic heterocycles. The molecule has 0 aromatic carbocycles. The number of carbonyl (C=O) groups is 2. The first-order valence-electron chi connectivity index (χ1n) is 6.27. The fourth-order valence-corrected chi connectivity index (χ4v) is 3.54. The molecule has 2 fully saturated rings. The number of nitrogens with zero attached hydrogens (tertiary/aromatic N) is 1. The van der Waals surface area contributed by atoms with E-state index in [1.54, 1.807) is 0 Å². The number of piperidine rings is 1. The Morgan fingerprint density at radius 2 is 2.00 bits per heavy atom. The molecule has 20 heavy (non-hydrogen) atoms. The summed E-state index contributed by atoms with van der Waals surface area (Å²) >= 11 is 0. The topological polar surface area (TPSA) is 117 Å². The van der Waals surface area contributed by atoms with Gasteiger partial charge in [-0.2, -0.15) is 17.4 Å². The molecule has 0 saturated carbocycles. The van der Waals surface area contributed by atoms with Gasteiger partial charge in [0.05, 0.1) is 6.61 Å². The van der Waals surface area contributed by atoms with E-state index in [1.807, 2.05) is 0 Å². The van der Waals surface area contributed by atoms with Crippen LogP contribution in [0.15, 0.2) is 0 Å². The first-order chi connectivity index (χ1) is 9.39. The van der Waals surface area contributed by atoms with Crippen LogP contribution in [-0.4, -0.2) is 63.6 Å². The lowest BCUT2D eigenvalue weighted by Gasteiger charge is -2.36. The highest BCUT2D eigenvalue weighted by Gasteiger charge is 2.49. The van der Waals surface area contributed by atoms with Gasteiger partial charge in [-0.15, -0.1) is 0 Å². The van der Waals surface area contributed by atoms with Crippen molar-refractivity contribution in [2.24, 2.45) is 0 Å². The van der Waals surface area contributed by atoms with Crippen LogP contribution in [0.1, 0.15) is 12.8 Å². The third kappa shape index (κ3) is 2.92. The first kappa shape index (κ1) is 15.2. The fourth-order valence-electron chi connectivity index (χ4n) is 2.35. The minimum Gasteiger partial charge on any atom is -0.383 e. The molecule has 114 valence electrons. The van der Waals surface area contributed by atoms with E-state index in [9.17, 15) is 18.0 Å². The summed E-state index contributed by atoms with van der Waals surface area (Å²) in [5.41, 5.74) is -0.963. The second-order valence-electron chi connectivity index (χ2n) is 4.78. The Balaban J connectivity index is 1.94. The quantitative estimate of drug-likeness (QED) is 0.407. The Labute approximate surface area is 117 Å². The second-order valence-corrected chi connectivity index (χ2v) is 6.54. The molecule has 2 rings (SSSR count). The molecule has 0 aliphatic carbocycles. The second kappa shape index (κ2) is 5.64. The molecule has 2 aliphatic rings. The molecule has 9 nitrogen and oxygen atoms in total. The average molecular weight is 306 g/mol. The van der Waals surface area contributed by atoms with Crippen LogP contribution in [0, 0.1) is 0 Å². The SMILES string of the molecule is COCCNS(=O)(=O)N1CCC2(CC1)NC(=O)NC2=O. The number of amides is 3. The number of nitrogens with one attached hydrogen (secondary N) is 3. The monoisotopic (exact) mass is 306 g/mol. The third-order valence-corrected chi connectivity index (χ3v) is 5.13. The summed E-state index contributed by atoms with van der Waals surface area (Å²) in [6.07, 6.45) is 0.519. The largest absolute Gasteiger partial charge is 0.383 e. The Morgan fingerprint density at radius 3 is 2.50 bits per heavy atom. The van der Waals surface area contributed by atoms with Crippen LogP contribution in [0.3, 0.4) is 0 Å². The number of imide groups is 1. The molecule has 2 heterocycles. The van der Waals surface area contributed by atoms with Crippen LogP contribution >= 0.6 is 0 Å². The van der Waals surface area contributed by atoms with Crippen LogP contribution in [0.2, 0.25) is 0 Å². The average Bonchev–Trinajstić information content (AvgIpc) is 2.65.